The molecule has 1 unspecified atom stereocenters. The summed E-state index contributed by atoms with van der Waals surface area (Å²) in [5.74, 6) is 0.292. The molecule has 1 saturated carbocycles. The Morgan fingerprint density at radius 2 is 1.79 bits per heavy atom. The van der Waals surface area contributed by atoms with Crippen molar-refractivity contribution in [1.29, 1.82) is 0 Å². The Morgan fingerprint density at radius 3 is 2.32 bits per heavy atom. The Labute approximate surface area is 115 Å². The number of rotatable bonds is 5. The monoisotopic (exact) mass is 267 g/mol. The molecule has 1 aliphatic carbocycles. The van der Waals surface area contributed by atoms with Crippen LogP contribution in [0.1, 0.15) is 58.3 Å². The van der Waals surface area contributed by atoms with Crippen LogP contribution in [0.3, 0.4) is 0 Å². The second-order valence-corrected chi connectivity index (χ2v) is 6.43. The fraction of sp³-hybridized carbons (Fsp3) is 0.867. The van der Waals surface area contributed by atoms with Gasteiger partial charge < -0.3 is 5.11 Å². The predicted octanol–water partition coefficient (Wildman–Crippen LogP) is 2.10. The number of nitrogens with zero attached hydrogens (tertiary/aromatic N) is 1. The molecule has 2 fully saturated rings. The first-order valence-corrected chi connectivity index (χ1v) is 7.50. The van der Waals surface area contributed by atoms with Gasteiger partial charge in [-0.2, -0.15) is 0 Å². The number of hydrogen-bond acceptors (Lipinski definition) is 3. The van der Waals surface area contributed by atoms with Crippen molar-refractivity contribution in [3.05, 3.63) is 0 Å². The maximum atomic E-state index is 12.2. The number of amides is 2. The van der Waals surface area contributed by atoms with Crippen LogP contribution in [-0.2, 0) is 9.59 Å². The zero-order chi connectivity index (χ0) is 13.9. The van der Waals surface area contributed by atoms with Crippen molar-refractivity contribution in [3.8, 4) is 0 Å². The van der Waals surface area contributed by atoms with Gasteiger partial charge in [-0.25, -0.2) is 0 Å². The highest BCUT2D eigenvalue weighted by Gasteiger charge is 2.44. The molecule has 2 amide bonds. The van der Waals surface area contributed by atoms with Crippen LogP contribution < -0.4 is 0 Å². The van der Waals surface area contributed by atoms with E-state index in [4.69, 9.17) is 5.11 Å². The van der Waals surface area contributed by atoms with E-state index in [1.807, 2.05) is 6.92 Å². The van der Waals surface area contributed by atoms with Crippen molar-refractivity contribution in [2.75, 3.05) is 13.2 Å². The smallest absolute Gasteiger partial charge is 0.229 e. The average Bonchev–Trinajstić information content (AvgIpc) is 2.80. The summed E-state index contributed by atoms with van der Waals surface area (Å²) in [6.45, 7) is 2.68. The third kappa shape index (κ3) is 3.35. The molecule has 19 heavy (non-hydrogen) atoms. The number of imide groups is 1. The molecule has 0 aromatic carbocycles. The first-order chi connectivity index (χ1) is 9.06. The van der Waals surface area contributed by atoms with Crippen LogP contribution in [0.15, 0.2) is 0 Å². The summed E-state index contributed by atoms with van der Waals surface area (Å²) in [7, 11) is 0. The molecule has 108 valence electrons. The molecule has 1 aliphatic heterocycles. The number of aliphatic hydroxyl groups excluding tert-OH is 1. The maximum Gasteiger partial charge on any atom is 0.229 e. The summed E-state index contributed by atoms with van der Waals surface area (Å²) < 4.78 is 0. The fourth-order valence-electron chi connectivity index (χ4n) is 3.45. The van der Waals surface area contributed by atoms with Gasteiger partial charge in [-0.3, -0.25) is 14.5 Å². The Bertz CT molecular complexity index is 327. The molecule has 1 saturated heterocycles. The van der Waals surface area contributed by atoms with Gasteiger partial charge in [-0.1, -0.05) is 19.8 Å². The highest BCUT2D eigenvalue weighted by Crippen LogP contribution is 2.46. The lowest BCUT2D eigenvalue weighted by atomic mass is 9.76. The largest absolute Gasteiger partial charge is 0.396 e. The first-order valence-electron chi connectivity index (χ1n) is 7.50. The lowest BCUT2D eigenvalue weighted by molar-refractivity contribution is -0.153. The van der Waals surface area contributed by atoms with Gasteiger partial charge in [0.15, 0.2) is 0 Å². The van der Waals surface area contributed by atoms with Gasteiger partial charge in [0.1, 0.15) is 0 Å². The zero-order valence-corrected chi connectivity index (χ0v) is 11.9. The van der Waals surface area contributed by atoms with E-state index in [0.717, 1.165) is 38.5 Å². The molecule has 0 aromatic heterocycles. The molecule has 2 aliphatic rings. The Kier molecular flexibility index (Phi) is 4.61. The predicted molar refractivity (Wildman–Crippen MR) is 72.3 cm³/mol. The van der Waals surface area contributed by atoms with E-state index in [0.29, 0.717) is 19.4 Å². The fourth-order valence-corrected chi connectivity index (χ4v) is 3.45. The van der Waals surface area contributed by atoms with E-state index in [9.17, 15) is 9.59 Å². The molecule has 0 bridgehead atoms. The minimum atomic E-state index is 0.00303. The average molecular weight is 267 g/mol. The Balaban J connectivity index is 1.86. The van der Waals surface area contributed by atoms with Crippen molar-refractivity contribution >= 4 is 11.8 Å². The third-order valence-electron chi connectivity index (χ3n) is 4.71. The summed E-state index contributed by atoms with van der Waals surface area (Å²) >= 11 is 0. The van der Waals surface area contributed by atoms with E-state index in [2.05, 4.69) is 0 Å². The number of likely N-dealkylation sites (tertiary alicyclic amines) is 1. The minimum absolute atomic E-state index is 0.00303. The Hall–Kier alpha value is -0.900. The van der Waals surface area contributed by atoms with Crippen molar-refractivity contribution in [2.24, 2.45) is 11.3 Å². The van der Waals surface area contributed by atoms with Gasteiger partial charge in [0.2, 0.25) is 11.8 Å². The topological polar surface area (TPSA) is 57.6 Å². The Morgan fingerprint density at radius 1 is 1.21 bits per heavy atom. The van der Waals surface area contributed by atoms with Gasteiger partial charge in [-0.15, -0.1) is 0 Å². The molecule has 0 radical (unpaired) electrons. The standard InChI is InChI=1S/C15H25NO3/c1-12(11-17)5-4-8-16-13(18)9-15(10-14(16)19)6-2-3-7-15/h12,17H,2-11H2,1H3. The second kappa shape index (κ2) is 6.04. The number of carbonyl (C=O) groups is 2. The lowest BCUT2D eigenvalue weighted by Crippen LogP contribution is -2.47. The zero-order valence-electron chi connectivity index (χ0n) is 11.9. The maximum absolute atomic E-state index is 12.2. The number of carbonyl (C=O) groups excluding carboxylic acids is 2. The van der Waals surface area contributed by atoms with Crippen LogP contribution >= 0.6 is 0 Å². The molecule has 1 spiro atoms. The molecule has 4 heteroatoms. The van der Waals surface area contributed by atoms with Crippen LogP contribution in [0.25, 0.3) is 0 Å². The third-order valence-corrected chi connectivity index (χ3v) is 4.71. The molecule has 0 aromatic rings. The quantitative estimate of drug-likeness (QED) is 0.776. The number of hydrogen-bond donors (Lipinski definition) is 1. The number of aliphatic hydroxyl groups is 1. The van der Waals surface area contributed by atoms with Crippen LogP contribution in [0.2, 0.25) is 0 Å². The molecule has 2 rings (SSSR count). The van der Waals surface area contributed by atoms with E-state index >= 15 is 0 Å². The van der Waals surface area contributed by atoms with Gasteiger partial charge >= 0.3 is 0 Å². The highest BCUT2D eigenvalue weighted by molar-refractivity contribution is 5.98. The van der Waals surface area contributed by atoms with E-state index < -0.39 is 0 Å². The first kappa shape index (κ1) is 14.5. The van der Waals surface area contributed by atoms with Gasteiger partial charge in [0.25, 0.3) is 0 Å². The van der Waals surface area contributed by atoms with Crippen molar-refractivity contribution in [1.82, 2.24) is 4.90 Å². The van der Waals surface area contributed by atoms with Crippen LogP contribution in [0, 0.1) is 11.3 Å². The SMILES string of the molecule is CC(CO)CCCN1C(=O)CC2(CCCC2)CC1=O. The van der Waals surface area contributed by atoms with Gasteiger partial charge in [0, 0.05) is 26.0 Å². The van der Waals surface area contributed by atoms with Gasteiger partial charge in [-0.05, 0) is 37.0 Å². The second-order valence-electron chi connectivity index (χ2n) is 6.43. The molecule has 1 N–H and O–H groups in total. The van der Waals surface area contributed by atoms with E-state index in [1.165, 1.54) is 4.90 Å². The van der Waals surface area contributed by atoms with Crippen LogP contribution in [0.5, 0.6) is 0 Å². The van der Waals surface area contributed by atoms with Crippen molar-refractivity contribution in [2.45, 2.75) is 58.3 Å². The lowest BCUT2D eigenvalue weighted by Gasteiger charge is -2.37. The van der Waals surface area contributed by atoms with E-state index in [1.54, 1.807) is 0 Å². The van der Waals surface area contributed by atoms with Crippen molar-refractivity contribution in [3.63, 3.8) is 0 Å². The summed E-state index contributed by atoms with van der Waals surface area (Å²) in [6.07, 6.45) is 7.19. The highest BCUT2D eigenvalue weighted by atomic mass is 16.3. The number of piperidine rings is 1. The molecular formula is C15H25NO3. The van der Waals surface area contributed by atoms with Crippen LogP contribution in [-0.4, -0.2) is 35.0 Å². The molecular weight excluding hydrogens is 242 g/mol. The normalized spacial score (nSPS) is 24.2. The van der Waals surface area contributed by atoms with Crippen molar-refractivity contribution < 1.29 is 14.7 Å². The molecule has 1 heterocycles. The van der Waals surface area contributed by atoms with E-state index in [-0.39, 0.29) is 29.8 Å². The van der Waals surface area contributed by atoms with Crippen LogP contribution in [0.4, 0.5) is 0 Å². The summed E-state index contributed by atoms with van der Waals surface area (Å²) in [4.78, 5) is 25.8. The minimum Gasteiger partial charge on any atom is -0.396 e. The van der Waals surface area contributed by atoms with Gasteiger partial charge in [0.05, 0.1) is 0 Å². The summed E-state index contributed by atoms with van der Waals surface area (Å²) in [5.41, 5.74) is 0.00303. The summed E-state index contributed by atoms with van der Waals surface area (Å²) in [6, 6.07) is 0. The molecule has 1 atom stereocenters. The molecule has 4 nitrogen and oxygen atoms in total. The summed E-state index contributed by atoms with van der Waals surface area (Å²) in [5, 5.41) is 8.97.